The van der Waals surface area contributed by atoms with Crippen LogP contribution in [0.25, 0.3) is 0 Å². The minimum Gasteiger partial charge on any atom is -0.491 e. The van der Waals surface area contributed by atoms with Crippen molar-refractivity contribution in [2.24, 2.45) is 5.73 Å². The number of nitrogens with two attached hydrogens (primary N) is 1. The van der Waals surface area contributed by atoms with Crippen molar-refractivity contribution in [2.75, 3.05) is 0 Å². The molecule has 0 radical (unpaired) electrons. The van der Waals surface area contributed by atoms with Crippen LogP contribution in [0.5, 0.6) is 5.75 Å². The molecule has 0 aliphatic rings. The summed E-state index contributed by atoms with van der Waals surface area (Å²) in [5.74, 6) is -0.772. The van der Waals surface area contributed by atoms with Crippen molar-refractivity contribution in [3.05, 3.63) is 65.2 Å². The molecule has 0 heterocycles. The van der Waals surface area contributed by atoms with E-state index in [9.17, 15) is 8.78 Å². The number of halogens is 2. The van der Waals surface area contributed by atoms with E-state index in [0.29, 0.717) is 11.3 Å². The van der Waals surface area contributed by atoms with Gasteiger partial charge in [0.25, 0.3) is 0 Å². The third kappa shape index (κ3) is 2.96. The summed E-state index contributed by atoms with van der Waals surface area (Å²) in [5.41, 5.74) is 6.45. The third-order valence-electron chi connectivity index (χ3n) is 2.93. The first kappa shape index (κ1) is 14.5. The van der Waals surface area contributed by atoms with E-state index >= 15 is 0 Å². The van der Waals surface area contributed by atoms with Crippen molar-refractivity contribution >= 4 is 0 Å². The maximum absolute atomic E-state index is 13.8. The normalized spacial score (nSPS) is 12.5. The molecule has 20 heavy (non-hydrogen) atoms. The van der Waals surface area contributed by atoms with Gasteiger partial charge in [0.1, 0.15) is 17.4 Å². The molecule has 2 N–H and O–H groups in total. The van der Waals surface area contributed by atoms with Crippen molar-refractivity contribution in [3.8, 4) is 5.75 Å². The highest BCUT2D eigenvalue weighted by molar-refractivity contribution is 5.42. The Labute approximate surface area is 117 Å². The summed E-state index contributed by atoms with van der Waals surface area (Å²) in [6, 6.07) is 9.83. The second kappa shape index (κ2) is 6.01. The molecule has 106 valence electrons. The number of para-hydroxylation sites is 1. The maximum Gasteiger partial charge on any atom is 0.131 e. The van der Waals surface area contributed by atoms with Gasteiger partial charge in [0.2, 0.25) is 0 Å². The monoisotopic (exact) mass is 277 g/mol. The molecule has 2 nitrogen and oxygen atoms in total. The van der Waals surface area contributed by atoms with Gasteiger partial charge in [-0.05, 0) is 32.0 Å². The van der Waals surface area contributed by atoms with Gasteiger partial charge in [-0.25, -0.2) is 8.78 Å². The van der Waals surface area contributed by atoms with Crippen LogP contribution in [-0.2, 0) is 0 Å². The zero-order valence-electron chi connectivity index (χ0n) is 11.4. The predicted octanol–water partition coefficient (Wildman–Crippen LogP) is 3.80. The average molecular weight is 277 g/mol. The number of rotatable bonds is 4. The smallest absolute Gasteiger partial charge is 0.131 e. The molecule has 0 bridgehead atoms. The summed E-state index contributed by atoms with van der Waals surface area (Å²) in [5, 5.41) is 0. The Morgan fingerprint density at radius 2 is 1.55 bits per heavy atom. The van der Waals surface area contributed by atoms with E-state index in [2.05, 4.69) is 0 Å². The maximum atomic E-state index is 13.8. The second-order valence-electron chi connectivity index (χ2n) is 4.82. The summed E-state index contributed by atoms with van der Waals surface area (Å²) in [6.07, 6.45) is -0.0474. The molecule has 0 aromatic heterocycles. The van der Waals surface area contributed by atoms with Crippen LogP contribution in [0.15, 0.2) is 42.5 Å². The topological polar surface area (TPSA) is 35.2 Å². The molecule has 1 atom stereocenters. The summed E-state index contributed by atoms with van der Waals surface area (Å²) in [6.45, 7) is 3.76. The number of ether oxygens (including phenoxy) is 1. The van der Waals surface area contributed by atoms with Crippen molar-refractivity contribution < 1.29 is 13.5 Å². The molecule has 2 rings (SSSR count). The fraction of sp³-hybridized carbons (Fsp3) is 0.250. The zero-order valence-corrected chi connectivity index (χ0v) is 11.4. The van der Waals surface area contributed by atoms with Crippen LogP contribution in [-0.4, -0.2) is 6.10 Å². The Kier molecular flexibility index (Phi) is 4.35. The van der Waals surface area contributed by atoms with E-state index in [1.54, 1.807) is 24.3 Å². The first-order valence-corrected chi connectivity index (χ1v) is 6.45. The Morgan fingerprint density at radius 3 is 2.15 bits per heavy atom. The van der Waals surface area contributed by atoms with E-state index in [1.807, 2.05) is 13.8 Å². The van der Waals surface area contributed by atoms with Crippen LogP contribution in [0.1, 0.15) is 31.0 Å². The molecule has 2 aromatic carbocycles. The molecule has 0 aliphatic heterocycles. The third-order valence-corrected chi connectivity index (χ3v) is 2.93. The zero-order chi connectivity index (χ0) is 14.7. The minimum absolute atomic E-state index is 0.0474. The van der Waals surface area contributed by atoms with E-state index in [-0.39, 0.29) is 11.7 Å². The highest BCUT2D eigenvalue weighted by atomic mass is 19.1. The fourth-order valence-corrected chi connectivity index (χ4v) is 2.06. The van der Waals surface area contributed by atoms with Crippen LogP contribution in [0.3, 0.4) is 0 Å². The molecule has 0 aliphatic carbocycles. The number of hydrogen-bond donors (Lipinski definition) is 1. The fourth-order valence-electron chi connectivity index (χ4n) is 2.06. The Morgan fingerprint density at radius 1 is 0.950 bits per heavy atom. The van der Waals surface area contributed by atoms with E-state index in [1.165, 1.54) is 18.2 Å². The highest BCUT2D eigenvalue weighted by Gasteiger charge is 2.21. The standard InChI is InChI=1S/C16H17F2NO/c1-10(2)20-14-9-4-3-6-11(14)16(19)15-12(17)7-5-8-13(15)18/h3-10,16H,19H2,1-2H3. The molecule has 0 saturated carbocycles. The summed E-state index contributed by atoms with van der Waals surface area (Å²) in [7, 11) is 0. The van der Waals surface area contributed by atoms with Crippen LogP contribution in [0.2, 0.25) is 0 Å². The van der Waals surface area contributed by atoms with Gasteiger partial charge in [0.05, 0.1) is 12.1 Å². The minimum atomic E-state index is -0.911. The molecule has 2 aromatic rings. The van der Waals surface area contributed by atoms with Gasteiger partial charge < -0.3 is 10.5 Å². The van der Waals surface area contributed by atoms with Crippen molar-refractivity contribution in [1.29, 1.82) is 0 Å². The Bertz CT molecular complexity index is 579. The molecule has 0 amide bonds. The van der Waals surface area contributed by atoms with Gasteiger partial charge in [0.15, 0.2) is 0 Å². The predicted molar refractivity (Wildman–Crippen MR) is 74.6 cm³/mol. The van der Waals surface area contributed by atoms with Gasteiger partial charge in [-0.15, -0.1) is 0 Å². The molecule has 4 heteroatoms. The van der Waals surface area contributed by atoms with Crippen LogP contribution < -0.4 is 10.5 Å². The first-order valence-electron chi connectivity index (χ1n) is 6.45. The number of hydrogen-bond acceptors (Lipinski definition) is 2. The van der Waals surface area contributed by atoms with Gasteiger partial charge in [-0.3, -0.25) is 0 Å². The summed E-state index contributed by atoms with van der Waals surface area (Å²) < 4.78 is 33.3. The lowest BCUT2D eigenvalue weighted by atomic mass is 9.97. The lowest BCUT2D eigenvalue weighted by molar-refractivity contribution is 0.239. The van der Waals surface area contributed by atoms with E-state index in [0.717, 1.165) is 0 Å². The van der Waals surface area contributed by atoms with Gasteiger partial charge in [-0.1, -0.05) is 24.3 Å². The number of benzene rings is 2. The van der Waals surface area contributed by atoms with Gasteiger partial charge in [-0.2, -0.15) is 0 Å². The van der Waals surface area contributed by atoms with Crippen LogP contribution in [0.4, 0.5) is 8.78 Å². The molecule has 0 spiro atoms. The van der Waals surface area contributed by atoms with Crippen LogP contribution in [0, 0.1) is 11.6 Å². The Hall–Kier alpha value is -1.94. The van der Waals surface area contributed by atoms with E-state index < -0.39 is 17.7 Å². The highest BCUT2D eigenvalue weighted by Crippen LogP contribution is 2.31. The lowest BCUT2D eigenvalue weighted by Gasteiger charge is -2.19. The quantitative estimate of drug-likeness (QED) is 0.922. The Balaban J connectivity index is 2.46. The average Bonchev–Trinajstić information content (AvgIpc) is 2.38. The second-order valence-corrected chi connectivity index (χ2v) is 4.82. The van der Waals surface area contributed by atoms with Gasteiger partial charge in [0, 0.05) is 11.1 Å². The van der Waals surface area contributed by atoms with E-state index in [4.69, 9.17) is 10.5 Å². The SMILES string of the molecule is CC(C)Oc1ccccc1C(N)c1c(F)cccc1F. The molecule has 0 saturated heterocycles. The van der Waals surface area contributed by atoms with Crippen molar-refractivity contribution in [1.82, 2.24) is 0 Å². The molecule has 1 unspecified atom stereocenters. The van der Waals surface area contributed by atoms with Gasteiger partial charge >= 0.3 is 0 Å². The molecule has 0 fully saturated rings. The largest absolute Gasteiger partial charge is 0.491 e. The molecular formula is C16H17F2NO. The first-order chi connectivity index (χ1) is 9.50. The summed E-state index contributed by atoms with van der Waals surface area (Å²) >= 11 is 0. The van der Waals surface area contributed by atoms with Crippen molar-refractivity contribution in [2.45, 2.75) is 26.0 Å². The summed E-state index contributed by atoms with van der Waals surface area (Å²) in [4.78, 5) is 0. The lowest BCUT2D eigenvalue weighted by Crippen LogP contribution is -2.18. The van der Waals surface area contributed by atoms with Crippen LogP contribution >= 0.6 is 0 Å². The molecular weight excluding hydrogens is 260 g/mol. The van der Waals surface area contributed by atoms with Crippen molar-refractivity contribution in [3.63, 3.8) is 0 Å².